The second kappa shape index (κ2) is 6.21. The van der Waals surface area contributed by atoms with E-state index in [0.29, 0.717) is 0 Å². The third-order valence-corrected chi connectivity index (χ3v) is 5.00. The Morgan fingerprint density at radius 2 is 2.37 bits per heavy atom. The lowest BCUT2D eigenvalue weighted by atomic mass is 10.3. The average molecular weight is 297 g/mol. The summed E-state index contributed by atoms with van der Waals surface area (Å²) < 4.78 is 3.00. The van der Waals surface area contributed by atoms with Crippen molar-refractivity contribution in [1.29, 1.82) is 0 Å². The zero-order chi connectivity index (χ0) is 13.8. The fourth-order valence-electron chi connectivity index (χ4n) is 1.65. The number of carboxylic acid groups (broad SMARTS) is 1. The number of thiazole rings is 1. The number of hydrogen-bond acceptors (Lipinski definition) is 5. The van der Waals surface area contributed by atoms with Gasteiger partial charge in [-0.05, 0) is 13.8 Å². The molecule has 2 heterocycles. The van der Waals surface area contributed by atoms with Gasteiger partial charge in [-0.3, -0.25) is 4.79 Å². The van der Waals surface area contributed by atoms with Gasteiger partial charge in [-0.15, -0.1) is 11.3 Å². The maximum atomic E-state index is 10.7. The Morgan fingerprint density at radius 1 is 1.58 bits per heavy atom. The van der Waals surface area contributed by atoms with Crippen molar-refractivity contribution in [3.8, 4) is 0 Å². The normalized spacial score (nSPS) is 10.8. The van der Waals surface area contributed by atoms with Crippen LogP contribution in [-0.4, -0.2) is 25.6 Å². The second-order valence-electron chi connectivity index (χ2n) is 4.02. The number of imidazole rings is 1. The van der Waals surface area contributed by atoms with Gasteiger partial charge in [0.2, 0.25) is 0 Å². The number of aryl methyl sites for hydroxylation is 2. The Morgan fingerprint density at radius 3 is 3.05 bits per heavy atom. The molecule has 0 radical (unpaired) electrons. The Labute approximate surface area is 119 Å². The quantitative estimate of drug-likeness (QED) is 0.830. The van der Waals surface area contributed by atoms with Crippen molar-refractivity contribution in [2.24, 2.45) is 0 Å². The van der Waals surface area contributed by atoms with Crippen LogP contribution >= 0.6 is 23.1 Å². The van der Waals surface area contributed by atoms with Crippen molar-refractivity contribution >= 4 is 29.1 Å². The summed E-state index contributed by atoms with van der Waals surface area (Å²) in [6.07, 6.45) is 3.73. The van der Waals surface area contributed by atoms with E-state index in [0.717, 1.165) is 32.9 Å². The summed E-state index contributed by atoms with van der Waals surface area (Å²) in [6, 6.07) is 0. The number of nitrogens with zero attached hydrogens (tertiary/aromatic N) is 3. The Hall–Kier alpha value is -1.34. The number of aromatic nitrogens is 3. The summed E-state index contributed by atoms with van der Waals surface area (Å²) in [4.78, 5) is 20.1. The molecular weight excluding hydrogens is 282 g/mol. The first-order chi connectivity index (χ1) is 9.10. The van der Waals surface area contributed by atoms with E-state index < -0.39 is 5.97 Å². The molecule has 1 N–H and O–H groups in total. The van der Waals surface area contributed by atoms with E-state index in [1.165, 1.54) is 11.3 Å². The average Bonchev–Trinajstić information content (AvgIpc) is 2.93. The zero-order valence-electron chi connectivity index (χ0n) is 10.8. The number of thioether (sulfide) groups is 1. The zero-order valence-corrected chi connectivity index (χ0v) is 12.4. The Balaban J connectivity index is 2.02. The van der Waals surface area contributed by atoms with Gasteiger partial charge < -0.3 is 9.67 Å². The maximum Gasteiger partial charge on any atom is 0.308 e. The standard InChI is InChI=1S/C12H15N3O2S2/c1-3-15-7-13-5-9(15)6-18-12-14-8(2)10(19-12)4-11(16)17/h5,7H,3-4,6H2,1-2H3,(H,16,17). The summed E-state index contributed by atoms with van der Waals surface area (Å²) >= 11 is 3.09. The molecule has 0 aliphatic rings. The lowest BCUT2D eigenvalue weighted by Crippen LogP contribution is -1.99. The molecule has 0 spiro atoms. The SMILES string of the molecule is CCn1cncc1CSc1nc(C)c(CC(=O)O)s1. The minimum absolute atomic E-state index is 0.0525. The van der Waals surface area contributed by atoms with Crippen molar-refractivity contribution in [2.45, 2.75) is 36.9 Å². The summed E-state index contributed by atoms with van der Waals surface area (Å²) in [5, 5.41) is 8.81. The van der Waals surface area contributed by atoms with Crippen LogP contribution in [0.1, 0.15) is 23.2 Å². The minimum atomic E-state index is -0.813. The van der Waals surface area contributed by atoms with Crippen LogP contribution in [0.25, 0.3) is 0 Å². The first-order valence-corrected chi connectivity index (χ1v) is 7.70. The van der Waals surface area contributed by atoms with Gasteiger partial charge in [-0.1, -0.05) is 11.8 Å². The largest absolute Gasteiger partial charge is 0.481 e. The van der Waals surface area contributed by atoms with Crippen molar-refractivity contribution in [3.63, 3.8) is 0 Å². The predicted molar refractivity (Wildman–Crippen MR) is 75.7 cm³/mol. The van der Waals surface area contributed by atoms with Crippen molar-refractivity contribution in [2.75, 3.05) is 0 Å². The lowest BCUT2D eigenvalue weighted by Gasteiger charge is -2.02. The summed E-state index contributed by atoms with van der Waals surface area (Å²) in [6.45, 7) is 4.83. The first-order valence-electron chi connectivity index (χ1n) is 5.90. The van der Waals surface area contributed by atoms with Crippen molar-refractivity contribution < 1.29 is 9.90 Å². The van der Waals surface area contributed by atoms with Crippen LogP contribution in [0.5, 0.6) is 0 Å². The molecule has 5 nitrogen and oxygen atoms in total. The van der Waals surface area contributed by atoms with Crippen LogP contribution in [0.2, 0.25) is 0 Å². The van der Waals surface area contributed by atoms with Gasteiger partial charge in [0.25, 0.3) is 0 Å². The second-order valence-corrected chi connectivity index (χ2v) is 6.32. The van der Waals surface area contributed by atoms with Crippen LogP contribution < -0.4 is 0 Å². The molecule has 0 atom stereocenters. The molecule has 0 saturated carbocycles. The van der Waals surface area contributed by atoms with Crippen molar-refractivity contribution in [3.05, 3.63) is 28.8 Å². The van der Waals surface area contributed by atoms with Crippen LogP contribution in [0.15, 0.2) is 16.9 Å². The molecule has 0 amide bonds. The summed E-state index contributed by atoms with van der Waals surface area (Å²) in [7, 11) is 0. The van der Waals surface area contributed by atoms with Crippen molar-refractivity contribution in [1.82, 2.24) is 14.5 Å². The molecule has 19 heavy (non-hydrogen) atoms. The van der Waals surface area contributed by atoms with E-state index in [9.17, 15) is 4.79 Å². The highest BCUT2D eigenvalue weighted by molar-refractivity contribution is 8.00. The molecular formula is C12H15N3O2S2. The van der Waals surface area contributed by atoms with Gasteiger partial charge in [-0.2, -0.15) is 0 Å². The highest BCUT2D eigenvalue weighted by Gasteiger charge is 2.12. The van der Waals surface area contributed by atoms with E-state index in [1.807, 2.05) is 19.4 Å². The predicted octanol–water partition coefficient (Wildman–Crippen LogP) is 2.59. The van der Waals surface area contributed by atoms with Crippen LogP contribution in [0.3, 0.4) is 0 Å². The van der Waals surface area contributed by atoms with E-state index in [2.05, 4.69) is 21.5 Å². The highest BCUT2D eigenvalue weighted by Crippen LogP contribution is 2.29. The number of hydrogen-bond donors (Lipinski definition) is 1. The lowest BCUT2D eigenvalue weighted by molar-refractivity contribution is -0.136. The monoisotopic (exact) mass is 297 g/mol. The molecule has 0 bridgehead atoms. The Kier molecular flexibility index (Phi) is 4.60. The van der Waals surface area contributed by atoms with Gasteiger partial charge in [0.15, 0.2) is 4.34 Å². The smallest absolute Gasteiger partial charge is 0.308 e. The van der Waals surface area contributed by atoms with Crippen LogP contribution in [0, 0.1) is 6.92 Å². The van der Waals surface area contributed by atoms with E-state index in [-0.39, 0.29) is 6.42 Å². The maximum absolute atomic E-state index is 10.7. The first kappa shape index (κ1) is 14.1. The minimum Gasteiger partial charge on any atom is -0.481 e. The molecule has 0 aliphatic heterocycles. The van der Waals surface area contributed by atoms with Gasteiger partial charge in [-0.25, -0.2) is 9.97 Å². The van der Waals surface area contributed by atoms with Crippen LogP contribution in [-0.2, 0) is 23.5 Å². The third-order valence-electron chi connectivity index (χ3n) is 2.67. The molecule has 0 saturated heterocycles. The number of aliphatic carboxylic acids is 1. The fraction of sp³-hybridized carbons (Fsp3) is 0.417. The fourth-order valence-corrected chi connectivity index (χ4v) is 3.86. The Bertz CT molecular complexity index is 577. The van der Waals surface area contributed by atoms with Gasteiger partial charge in [0.05, 0.1) is 18.4 Å². The van der Waals surface area contributed by atoms with Gasteiger partial charge >= 0.3 is 5.97 Å². The number of carboxylic acids is 1. The number of rotatable bonds is 6. The molecule has 2 rings (SSSR count). The van der Waals surface area contributed by atoms with Gasteiger partial charge in [0.1, 0.15) is 0 Å². The molecule has 0 aromatic carbocycles. The third kappa shape index (κ3) is 3.57. The van der Waals surface area contributed by atoms with E-state index in [4.69, 9.17) is 5.11 Å². The molecule has 2 aromatic rings. The number of carbonyl (C=O) groups is 1. The van der Waals surface area contributed by atoms with Gasteiger partial charge in [0, 0.05) is 29.1 Å². The summed E-state index contributed by atoms with van der Waals surface area (Å²) in [5.41, 5.74) is 1.97. The molecule has 0 aliphatic carbocycles. The topological polar surface area (TPSA) is 68.0 Å². The van der Waals surface area contributed by atoms with E-state index in [1.54, 1.807) is 11.8 Å². The summed E-state index contributed by atoms with van der Waals surface area (Å²) in [5.74, 6) is -0.0137. The highest BCUT2D eigenvalue weighted by atomic mass is 32.2. The molecule has 7 heteroatoms. The van der Waals surface area contributed by atoms with Crippen LogP contribution in [0.4, 0.5) is 0 Å². The van der Waals surface area contributed by atoms with E-state index >= 15 is 0 Å². The molecule has 102 valence electrons. The molecule has 0 fully saturated rings. The molecule has 2 aromatic heterocycles. The molecule has 0 unspecified atom stereocenters.